The largest absolute Gasteiger partial charge is 0.392 e. The second-order valence-electron chi connectivity index (χ2n) is 7.60. The number of halogens is 1. The van der Waals surface area contributed by atoms with Gasteiger partial charge < -0.3 is 15.1 Å². The smallest absolute Gasteiger partial charge is 0.225 e. The van der Waals surface area contributed by atoms with Gasteiger partial charge in [-0.1, -0.05) is 18.2 Å². The minimum absolute atomic E-state index is 0.263. The van der Waals surface area contributed by atoms with Gasteiger partial charge in [0.2, 0.25) is 5.95 Å². The minimum Gasteiger partial charge on any atom is -0.392 e. The highest BCUT2D eigenvalue weighted by atomic mass is 19.1. The molecule has 0 saturated carbocycles. The zero-order chi connectivity index (χ0) is 19.4. The number of anilines is 1. The Hall–Kier alpha value is -2.09. The summed E-state index contributed by atoms with van der Waals surface area (Å²) in [6.07, 6.45) is 4.00. The molecule has 1 aliphatic heterocycles. The third kappa shape index (κ3) is 5.00. The second-order valence-corrected chi connectivity index (χ2v) is 7.60. The first kappa shape index (κ1) is 19.7. The van der Waals surface area contributed by atoms with Crippen LogP contribution < -0.4 is 4.90 Å². The summed E-state index contributed by atoms with van der Waals surface area (Å²) in [5.74, 6) is 0.205. The number of hydrogen-bond donors (Lipinski definition) is 2. The van der Waals surface area contributed by atoms with Crippen molar-refractivity contribution in [2.24, 2.45) is 0 Å². The van der Waals surface area contributed by atoms with E-state index in [0.717, 1.165) is 39.1 Å². The van der Waals surface area contributed by atoms with Crippen molar-refractivity contribution in [2.45, 2.75) is 32.5 Å². The number of hydrogen-bond acceptors (Lipinski definition) is 6. The number of piperazine rings is 1. The predicted octanol–water partition coefficient (Wildman–Crippen LogP) is 2.06. The van der Waals surface area contributed by atoms with Crippen LogP contribution >= 0.6 is 0 Å². The summed E-state index contributed by atoms with van der Waals surface area (Å²) in [5.41, 5.74) is 0.609. The average Bonchev–Trinajstić information content (AvgIpc) is 2.67. The molecule has 2 N–H and O–H groups in total. The highest BCUT2D eigenvalue weighted by Crippen LogP contribution is 2.25. The molecule has 0 spiro atoms. The summed E-state index contributed by atoms with van der Waals surface area (Å²) in [6, 6.07) is 4.94. The van der Waals surface area contributed by atoms with Gasteiger partial charge in [0.05, 0.1) is 12.2 Å². The molecule has 1 aliphatic rings. The first-order valence-electron chi connectivity index (χ1n) is 9.28. The monoisotopic (exact) mass is 374 g/mol. The summed E-state index contributed by atoms with van der Waals surface area (Å²) in [7, 11) is 0. The predicted molar refractivity (Wildman–Crippen MR) is 103 cm³/mol. The standard InChI is InChI=1S/C20H27FN4O2/c1-20(2,27)6-7-24-8-10-25(11-9-24)19-22-12-16(13-23-19)17-5-3-4-15(14-26)18(17)21/h3-5,12-13,26-27H,6-11,14H2,1-2H3. The SMILES string of the molecule is CC(C)(O)CCN1CCN(c2ncc(-c3cccc(CO)c3F)cn2)CC1. The van der Waals surface area contributed by atoms with Crippen LogP contribution in [-0.2, 0) is 6.61 Å². The van der Waals surface area contributed by atoms with Crippen LogP contribution in [0.2, 0.25) is 0 Å². The Morgan fingerprint density at radius 2 is 1.78 bits per heavy atom. The molecular weight excluding hydrogens is 347 g/mol. The van der Waals surface area contributed by atoms with Gasteiger partial charge in [-0.2, -0.15) is 0 Å². The van der Waals surface area contributed by atoms with Gasteiger partial charge in [-0.15, -0.1) is 0 Å². The summed E-state index contributed by atoms with van der Waals surface area (Å²) in [5, 5.41) is 19.1. The van der Waals surface area contributed by atoms with Crippen LogP contribution in [0.3, 0.4) is 0 Å². The van der Waals surface area contributed by atoms with E-state index in [1.807, 2.05) is 13.8 Å². The highest BCUT2D eigenvalue weighted by Gasteiger charge is 2.21. The van der Waals surface area contributed by atoms with Crippen LogP contribution in [0.4, 0.5) is 10.3 Å². The van der Waals surface area contributed by atoms with Gasteiger partial charge in [0.1, 0.15) is 5.82 Å². The Kier molecular flexibility index (Phi) is 6.04. The summed E-state index contributed by atoms with van der Waals surface area (Å²) >= 11 is 0. The normalized spacial score (nSPS) is 16.0. The maximum absolute atomic E-state index is 14.4. The number of rotatable bonds is 6. The van der Waals surface area contributed by atoms with Gasteiger partial charge >= 0.3 is 0 Å². The number of aliphatic hydroxyl groups excluding tert-OH is 1. The molecule has 146 valence electrons. The number of benzene rings is 1. The van der Waals surface area contributed by atoms with E-state index in [9.17, 15) is 14.6 Å². The topological polar surface area (TPSA) is 72.7 Å². The van der Waals surface area contributed by atoms with Crippen LogP contribution in [0, 0.1) is 5.82 Å². The fraction of sp³-hybridized carbons (Fsp3) is 0.500. The molecule has 2 aromatic rings. The van der Waals surface area contributed by atoms with Crippen molar-refractivity contribution in [3.63, 3.8) is 0 Å². The number of aromatic nitrogens is 2. The van der Waals surface area contributed by atoms with E-state index in [0.29, 0.717) is 17.1 Å². The zero-order valence-electron chi connectivity index (χ0n) is 15.9. The van der Waals surface area contributed by atoms with Crippen LogP contribution in [0.1, 0.15) is 25.8 Å². The lowest BCUT2D eigenvalue weighted by atomic mass is 10.1. The Balaban J connectivity index is 1.62. The molecule has 1 aromatic heterocycles. The van der Waals surface area contributed by atoms with E-state index in [1.165, 1.54) is 0 Å². The molecule has 0 aliphatic carbocycles. The molecule has 0 unspecified atom stereocenters. The van der Waals surface area contributed by atoms with E-state index in [2.05, 4.69) is 19.8 Å². The van der Waals surface area contributed by atoms with Gasteiger partial charge in [-0.05, 0) is 20.3 Å². The van der Waals surface area contributed by atoms with Crippen LogP contribution in [-0.4, -0.2) is 63.4 Å². The van der Waals surface area contributed by atoms with Gasteiger partial charge in [0.25, 0.3) is 0 Å². The van der Waals surface area contributed by atoms with Crippen LogP contribution in [0.5, 0.6) is 0 Å². The maximum Gasteiger partial charge on any atom is 0.225 e. The highest BCUT2D eigenvalue weighted by molar-refractivity contribution is 5.63. The van der Waals surface area contributed by atoms with Gasteiger partial charge in [0, 0.05) is 61.8 Å². The zero-order valence-corrected chi connectivity index (χ0v) is 15.9. The molecule has 3 rings (SSSR count). The fourth-order valence-corrected chi connectivity index (χ4v) is 3.15. The lowest BCUT2D eigenvalue weighted by molar-refractivity contribution is 0.0568. The Morgan fingerprint density at radius 3 is 2.37 bits per heavy atom. The lowest BCUT2D eigenvalue weighted by Gasteiger charge is -2.35. The molecule has 1 fully saturated rings. The molecule has 2 heterocycles. The van der Waals surface area contributed by atoms with Crippen molar-refractivity contribution in [1.82, 2.24) is 14.9 Å². The third-order valence-electron chi connectivity index (χ3n) is 4.89. The first-order valence-corrected chi connectivity index (χ1v) is 9.28. The average molecular weight is 374 g/mol. The van der Waals surface area contributed by atoms with E-state index >= 15 is 0 Å². The van der Waals surface area contributed by atoms with Crippen molar-refractivity contribution in [3.8, 4) is 11.1 Å². The van der Waals surface area contributed by atoms with Crippen LogP contribution in [0.25, 0.3) is 11.1 Å². The van der Waals surface area contributed by atoms with Crippen molar-refractivity contribution in [2.75, 3.05) is 37.6 Å². The van der Waals surface area contributed by atoms with Crippen molar-refractivity contribution < 1.29 is 14.6 Å². The number of aliphatic hydroxyl groups is 2. The minimum atomic E-state index is -0.640. The summed E-state index contributed by atoms with van der Waals surface area (Å²) < 4.78 is 14.4. The maximum atomic E-state index is 14.4. The van der Waals surface area contributed by atoms with E-state index in [4.69, 9.17) is 0 Å². The molecule has 1 aromatic carbocycles. The number of nitrogens with zero attached hydrogens (tertiary/aromatic N) is 4. The summed E-state index contributed by atoms with van der Waals surface area (Å²) in [4.78, 5) is 13.3. The second kappa shape index (κ2) is 8.29. The van der Waals surface area contributed by atoms with E-state index in [-0.39, 0.29) is 12.2 Å². The van der Waals surface area contributed by atoms with Crippen molar-refractivity contribution >= 4 is 5.95 Å². The Labute approximate surface area is 159 Å². The van der Waals surface area contributed by atoms with E-state index < -0.39 is 11.4 Å². The molecule has 0 amide bonds. The molecule has 1 saturated heterocycles. The molecule has 0 radical (unpaired) electrons. The molecule has 27 heavy (non-hydrogen) atoms. The van der Waals surface area contributed by atoms with Gasteiger partial charge in [-0.3, -0.25) is 4.90 Å². The van der Waals surface area contributed by atoms with Crippen molar-refractivity contribution in [3.05, 3.63) is 42.0 Å². The van der Waals surface area contributed by atoms with Gasteiger partial charge in [-0.25, -0.2) is 14.4 Å². The molecule has 7 heteroatoms. The Bertz CT molecular complexity index is 754. The molecular formula is C20H27FN4O2. The lowest BCUT2D eigenvalue weighted by Crippen LogP contribution is -2.48. The van der Waals surface area contributed by atoms with Gasteiger partial charge in [0.15, 0.2) is 0 Å². The molecule has 0 atom stereocenters. The molecule has 0 bridgehead atoms. The van der Waals surface area contributed by atoms with Crippen LogP contribution in [0.15, 0.2) is 30.6 Å². The summed E-state index contributed by atoms with van der Waals surface area (Å²) in [6.45, 7) is 7.63. The molecule has 6 nitrogen and oxygen atoms in total. The van der Waals surface area contributed by atoms with Crippen molar-refractivity contribution in [1.29, 1.82) is 0 Å². The quantitative estimate of drug-likeness (QED) is 0.806. The first-order chi connectivity index (χ1) is 12.9. The van der Waals surface area contributed by atoms with E-state index in [1.54, 1.807) is 30.6 Å². The Morgan fingerprint density at radius 1 is 1.11 bits per heavy atom. The fourth-order valence-electron chi connectivity index (χ4n) is 3.15. The third-order valence-corrected chi connectivity index (χ3v) is 4.89.